The van der Waals surface area contributed by atoms with Gasteiger partial charge in [0.25, 0.3) is 0 Å². The van der Waals surface area contributed by atoms with Gasteiger partial charge in [-0.1, -0.05) is 6.07 Å². The fraction of sp³-hybridized carbons (Fsp3) is 0.308. The molecule has 0 unspecified atom stereocenters. The summed E-state index contributed by atoms with van der Waals surface area (Å²) < 4.78 is 46.6. The quantitative estimate of drug-likeness (QED) is 0.633. The van der Waals surface area contributed by atoms with Crippen molar-refractivity contribution >= 4 is 23.3 Å². The number of carbonyl (C=O) groups excluding carboxylic acids is 2. The molecule has 0 heterocycles. The highest BCUT2D eigenvalue weighted by Gasteiger charge is 2.30. The smallest absolute Gasteiger partial charge is 0.416 e. The summed E-state index contributed by atoms with van der Waals surface area (Å²) >= 11 is 0. The SMILES string of the molecule is COC(=O)CC(=Nc1cccc(C(F)(F)F)c1)C(=O)OC. The Labute approximate surface area is 118 Å². The number of methoxy groups -OCH3 is 2. The predicted octanol–water partition coefficient (Wildman–Crippen LogP) is 2.51. The van der Waals surface area contributed by atoms with E-state index in [0.29, 0.717) is 0 Å². The first-order chi connectivity index (χ1) is 9.77. The number of nitrogens with zero attached hydrogens (tertiary/aromatic N) is 1. The van der Waals surface area contributed by atoms with Crippen molar-refractivity contribution in [1.82, 2.24) is 0 Å². The van der Waals surface area contributed by atoms with Crippen molar-refractivity contribution in [1.29, 1.82) is 0 Å². The summed E-state index contributed by atoms with van der Waals surface area (Å²) in [7, 11) is 2.18. The van der Waals surface area contributed by atoms with Crippen molar-refractivity contribution in [3.05, 3.63) is 29.8 Å². The standard InChI is InChI=1S/C13H12F3NO4/c1-20-11(18)7-10(12(19)21-2)17-9-5-3-4-8(6-9)13(14,15)16/h3-6H,7H2,1-2H3. The number of hydrogen-bond donors (Lipinski definition) is 0. The van der Waals surface area contributed by atoms with Gasteiger partial charge in [0, 0.05) is 0 Å². The molecule has 0 saturated heterocycles. The zero-order valence-corrected chi connectivity index (χ0v) is 11.2. The normalized spacial score (nSPS) is 12.0. The number of rotatable bonds is 4. The van der Waals surface area contributed by atoms with E-state index in [1.165, 1.54) is 6.07 Å². The lowest BCUT2D eigenvalue weighted by Crippen LogP contribution is -2.20. The van der Waals surface area contributed by atoms with E-state index in [9.17, 15) is 22.8 Å². The van der Waals surface area contributed by atoms with Gasteiger partial charge in [-0.15, -0.1) is 0 Å². The van der Waals surface area contributed by atoms with Gasteiger partial charge in [0.05, 0.1) is 31.9 Å². The predicted molar refractivity (Wildman–Crippen MR) is 67.2 cm³/mol. The lowest BCUT2D eigenvalue weighted by molar-refractivity contribution is -0.140. The van der Waals surface area contributed by atoms with Crippen LogP contribution < -0.4 is 0 Å². The number of aliphatic imine (C=N–C) groups is 1. The molecule has 0 aromatic heterocycles. The molecule has 0 aliphatic carbocycles. The lowest BCUT2D eigenvalue weighted by atomic mass is 10.2. The fourth-order valence-electron chi connectivity index (χ4n) is 1.39. The Bertz CT molecular complexity index is 567. The summed E-state index contributed by atoms with van der Waals surface area (Å²) in [5, 5.41) is 0. The van der Waals surface area contributed by atoms with Gasteiger partial charge < -0.3 is 9.47 Å². The van der Waals surface area contributed by atoms with Crippen LogP contribution in [0.2, 0.25) is 0 Å². The molecular weight excluding hydrogens is 291 g/mol. The third-order valence-corrected chi connectivity index (χ3v) is 2.40. The molecule has 0 radical (unpaired) electrons. The maximum absolute atomic E-state index is 12.6. The Morgan fingerprint density at radius 1 is 1.19 bits per heavy atom. The van der Waals surface area contributed by atoms with Gasteiger partial charge in [-0.2, -0.15) is 13.2 Å². The molecule has 21 heavy (non-hydrogen) atoms. The van der Waals surface area contributed by atoms with Crippen LogP contribution in [-0.4, -0.2) is 31.9 Å². The monoisotopic (exact) mass is 303 g/mol. The highest BCUT2D eigenvalue weighted by Crippen LogP contribution is 2.31. The van der Waals surface area contributed by atoms with Crippen molar-refractivity contribution < 1.29 is 32.2 Å². The molecule has 0 aliphatic heterocycles. The summed E-state index contributed by atoms with van der Waals surface area (Å²) in [5.41, 5.74) is -1.37. The van der Waals surface area contributed by atoms with Gasteiger partial charge in [0.2, 0.25) is 0 Å². The van der Waals surface area contributed by atoms with Crippen LogP contribution in [0.1, 0.15) is 12.0 Å². The molecule has 5 nitrogen and oxygen atoms in total. The number of carbonyl (C=O) groups is 2. The third-order valence-electron chi connectivity index (χ3n) is 2.40. The van der Waals surface area contributed by atoms with E-state index in [1.807, 2.05) is 0 Å². The molecule has 0 aliphatic rings. The molecule has 0 bridgehead atoms. The molecule has 0 spiro atoms. The number of alkyl halides is 3. The van der Waals surface area contributed by atoms with Gasteiger partial charge in [-0.05, 0) is 18.2 Å². The van der Waals surface area contributed by atoms with Gasteiger partial charge in [-0.3, -0.25) is 4.79 Å². The highest BCUT2D eigenvalue weighted by atomic mass is 19.4. The summed E-state index contributed by atoms with van der Waals surface area (Å²) in [6.45, 7) is 0. The van der Waals surface area contributed by atoms with E-state index >= 15 is 0 Å². The maximum atomic E-state index is 12.6. The number of esters is 2. The van der Waals surface area contributed by atoms with E-state index < -0.39 is 30.1 Å². The van der Waals surface area contributed by atoms with Crippen molar-refractivity contribution in [2.45, 2.75) is 12.6 Å². The lowest BCUT2D eigenvalue weighted by Gasteiger charge is -2.07. The Kier molecular flexibility index (Phi) is 5.45. The molecule has 1 aromatic rings. The number of benzene rings is 1. The fourth-order valence-corrected chi connectivity index (χ4v) is 1.39. The van der Waals surface area contributed by atoms with Gasteiger partial charge in [0.15, 0.2) is 0 Å². The summed E-state index contributed by atoms with van der Waals surface area (Å²) in [6.07, 6.45) is -5.03. The topological polar surface area (TPSA) is 65.0 Å². The highest BCUT2D eigenvalue weighted by molar-refractivity contribution is 6.39. The zero-order chi connectivity index (χ0) is 16.0. The van der Waals surface area contributed by atoms with Gasteiger partial charge in [0.1, 0.15) is 5.71 Å². The second kappa shape index (κ2) is 6.87. The van der Waals surface area contributed by atoms with Crippen molar-refractivity contribution in [3.8, 4) is 0 Å². The number of ether oxygens (including phenoxy) is 2. The molecule has 0 fully saturated rings. The average molecular weight is 303 g/mol. The molecule has 0 N–H and O–H groups in total. The summed E-state index contributed by atoms with van der Waals surface area (Å²) in [4.78, 5) is 26.4. The molecule has 0 atom stereocenters. The number of halogens is 3. The first kappa shape index (κ1) is 16.7. The van der Waals surface area contributed by atoms with Gasteiger partial charge >= 0.3 is 18.1 Å². The first-order valence-corrected chi connectivity index (χ1v) is 5.68. The van der Waals surface area contributed by atoms with E-state index in [4.69, 9.17) is 0 Å². The molecule has 1 aromatic carbocycles. The third kappa shape index (κ3) is 4.90. The van der Waals surface area contributed by atoms with Crippen molar-refractivity contribution in [3.63, 3.8) is 0 Å². The van der Waals surface area contributed by atoms with Crippen molar-refractivity contribution in [2.24, 2.45) is 4.99 Å². The Hall–Kier alpha value is -2.38. The minimum atomic E-state index is -4.53. The Morgan fingerprint density at radius 2 is 1.86 bits per heavy atom. The number of hydrogen-bond acceptors (Lipinski definition) is 5. The molecule has 8 heteroatoms. The van der Waals surface area contributed by atoms with Crippen LogP contribution in [0.25, 0.3) is 0 Å². The van der Waals surface area contributed by atoms with Crippen LogP contribution in [0.15, 0.2) is 29.3 Å². The second-order valence-electron chi connectivity index (χ2n) is 3.85. The summed E-state index contributed by atoms with van der Waals surface area (Å²) in [5.74, 6) is -1.68. The first-order valence-electron chi connectivity index (χ1n) is 5.68. The van der Waals surface area contributed by atoms with Crippen LogP contribution in [-0.2, 0) is 25.2 Å². The summed E-state index contributed by atoms with van der Waals surface area (Å²) in [6, 6.07) is 4.06. The largest absolute Gasteiger partial charge is 0.469 e. The van der Waals surface area contributed by atoms with Crippen LogP contribution >= 0.6 is 0 Å². The van der Waals surface area contributed by atoms with Crippen LogP contribution in [0.3, 0.4) is 0 Å². The molecule has 114 valence electrons. The van der Waals surface area contributed by atoms with Crippen LogP contribution in [0.4, 0.5) is 18.9 Å². The van der Waals surface area contributed by atoms with Crippen LogP contribution in [0.5, 0.6) is 0 Å². The van der Waals surface area contributed by atoms with Gasteiger partial charge in [-0.25, -0.2) is 9.79 Å². The zero-order valence-electron chi connectivity index (χ0n) is 11.2. The molecule has 0 saturated carbocycles. The van der Waals surface area contributed by atoms with E-state index in [2.05, 4.69) is 14.5 Å². The average Bonchev–Trinajstić information content (AvgIpc) is 2.45. The molecular formula is C13H12F3NO4. The minimum absolute atomic E-state index is 0.117. The minimum Gasteiger partial charge on any atom is -0.469 e. The van der Waals surface area contributed by atoms with E-state index in [-0.39, 0.29) is 11.4 Å². The van der Waals surface area contributed by atoms with Crippen LogP contribution in [0, 0.1) is 0 Å². The molecule has 0 amide bonds. The van der Waals surface area contributed by atoms with Crippen molar-refractivity contribution in [2.75, 3.05) is 14.2 Å². The Balaban J connectivity index is 3.15. The maximum Gasteiger partial charge on any atom is 0.416 e. The van der Waals surface area contributed by atoms with E-state index in [1.54, 1.807) is 0 Å². The Morgan fingerprint density at radius 3 is 2.38 bits per heavy atom. The van der Waals surface area contributed by atoms with E-state index in [0.717, 1.165) is 32.4 Å². The molecule has 1 rings (SSSR count). The second-order valence-corrected chi connectivity index (χ2v) is 3.85.